The molecule has 1 aromatic carbocycles. The number of benzene rings is 1. The van der Waals surface area contributed by atoms with E-state index in [1.165, 1.54) is 11.7 Å². The van der Waals surface area contributed by atoms with E-state index in [-0.39, 0.29) is 11.2 Å². The smallest absolute Gasteiger partial charge is 0.341 e. The lowest BCUT2D eigenvalue weighted by atomic mass is 10.1. The number of nitrogens with one attached hydrogen (secondary N) is 1. The topological polar surface area (TPSA) is 116 Å². The quantitative estimate of drug-likeness (QED) is 0.555. The van der Waals surface area contributed by atoms with Crippen molar-refractivity contribution in [1.29, 1.82) is 0 Å². The van der Waals surface area contributed by atoms with E-state index in [1.807, 2.05) is 13.8 Å². The molecule has 0 aliphatic carbocycles. The van der Waals surface area contributed by atoms with E-state index in [2.05, 4.69) is 4.98 Å². The van der Waals surface area contributed by atoms with Crippen LogP contribution in [0.2, 0.25) is 0 Å². The van der Waals surface area contributed by atoms with Crippen LogP contribution in [-0.4, -0.2) is 38.9 Å². The number of aryl methyl sites for hydroxylation is 1. The number of carboxylic acid groups (broad SMARTS) is 1. The van der Waals surface area contributed by atoms with Gasteiger partial charge in [0.05, 0.1) is 18.3 Å². The minimum Gasteiger partial charge on any atom is -0.496 e. The number of carboxylic acids is 1. The van der Waals surface area contributed by atoms with Crippen molar-refractivity contribution in [2.45, 2.75) is 39.8 Å². The summed E-state index contributed by atoms with van der Waals surface area (Å²) >= 11 is 0. The highest BCUT2D eigenvalue weighted by molar-refractivity contribution is 5.84. The molecule has 0 amide bonds. The van der Waals surface area contributed by atoms with Crippen molar-refractivity contribution in [3.8, 4) is 22.8 Å². The second-order valence-electron chi connectivity index (χ2n) is 6.88. The molecule has 0 saturated carbocycles. The number of hydrogen-bond acceptors (Lipinski definition) is 5. The Labute approximate surface area is 172 Å². The monoisotopic (exact) mass is 415 g/mol. The first kappa shape index (κ1) is 21.2. The van der Waals surface area contributed by atoms with Crippen LogP contribution < -0.4 is 20.7 Å². The molecule has 30 heavy (non-hydrogen) atoms. The van der Waals surface area contributed by atoms with Gasteiger partial charge >= 0.3 is 11.7 Å². The lowest BCUT2D eigenvalue weighted by Gasteiger charge is -2.10. The number of carbonyl (C=O) groups is 1. The summed E-state index contributed by atoms with van der Waals surface area (Å²) in [7, 11) is 1.49. The van der Waals surface area contributed by atoms with Crippen LogP contribution in [0.15, 0.2) is 33.9 Å². The van der Waals surface area contributed by atoms with Gasteiger partial charge in [-0.05, 0) is 31.0 Å². The highest BCUT2D eigenvalue weighted by atomic mass is 16.5. The maximum atomic E-state index is 12.9. The molecule has 0 radical (unpaired) electrons. The van der Waals surface area contributed by atoms with Crippen molar-refractivity contribution in [2.75, 3.05) is 13.7 Å². The third kappa shape index (κ3) is 3.96. The number of H-pyrrole nitrogens is 1. The number of aliphatic carboxylic acids is 1. The molecule has 2 heterocycles. The summed E-state index contributed by atoms with van der Waals surface area (Å²) in [6, 6.07) is 6.69. The summed E-state index contributed by atoms with van der Waals surface area (Å²) in [4.78, 5) is 39.6. The zero-order valence-electron chi connectivity index (χ0n) is 17.2. The van der Waals surface area contributed by atoms with Crippen LogP contribution in [0, 0.1) is 0 Å². The predicted octanol–water partition coefficient (Wildman–Crippen LogP) is 2.45. The molecule has 0 saturated heterocycles. The first-order valence-corrected chi connectivity index (χ1v) is 9.80. The zero-order valence-corrected chi connectivity index (χ0v) is 17.2. The number of aromatic amines is 1. The molecule has 9 nitrogen and oxygen atoms in total. The molecule has 3 aromatic rings. The standard InChI is InChI=1S/C21H25N3O6/c1-4-8-23-16-11-15(22-19(16)20(27)24(9-5-2)21(23)28)14-7-6-13(10-17(14)29-3)30-12-18(25)26/h6-7,10-11,22H,4-5,8-9,12H2,1-3H3,(H,25,26). The summed E-state index contributed by atoms with van der Waals surface area (Å²) in [6.45, 7) is 4.27. The van der Waals surface area contributed by atoms with E-state index in [0.717, 1.165) is 6.42 Å². The van der Waals surface area contributed by atoms with Gasteiger partial charge in [-0.25, -0.2) is 9.59 Å². The average Bonchev–Trinajstić information content (AvgIpc) is 3.17. The molecule has 0 spiro atoms. The van der Waals surface area contributed by atoms with Crippen LogP contribution in [0.1, 0.15) is 26.7 Å². The van der Waals surface area contributed by atoms with E-state index in [4.69, 9.17) is 14.6 Å². The number of hydrogen-bond donors (Lipinski definition) is 2. The molecular formula is C21H25N3O6. The summed E-state index contributed by atoms with van der Waals surface area (Å²) in [5, 5.41) is 8.77. The molecule has 0 aliphatic heterocycles. The van der Waals surface area contributed by atoms with Gasteiger partial charge in [-0.2, -0.15) is 0 Å². The fraction of sp³-hybridized carbons (Fsp3) is 0.381. The van der Waals surface area contributed by atoms with Gasteiger partial charge in [0.2, 0.25) is 0 Å². The van der Waals surface area contributed by atoms with Gasteiger partial charge in [-0.3, -0.25) is 13.9 Å². The van der Waals surface area contributed by atoms with Crippen LogP contribution >= 0.6 is 0 Å². The second kappa shape index (κ2) is 8.89. The number of methoxy groups -OCH3 is 1. The van der Waals surface area contributed by atoms with Crippen molar-refractivity contribution in [2.24, 2.45) is 0 Å². The highest BCUT2D eigenvalue weighted by Gasteiger charge is 2.18. The van der Waals surface area contributed by atoms with Crippen molar-refractivity contribution in [3.05, 3.63) is 45.1 Å². The minimum atomic E-state index is -1.08. The van der Waals surface area contributed by atoms with Crippen LogP contribution in [0.3, 0.4) is 0 Å². The Hall–Kier alpha value is -3.49. The van der Waals surface area contributed by atoms with Gasteiger partial charge in [-0.1, -0.05) is 13.8 Å². The Morgan fingerprint density at radius 3 is 2.43 bits per heavy atom. The fourth-order valence-corrected chi connectivity index (χ4v) is 3.42. The van der Waals surface area contributed by atoms with Gasteiger partial charge in [0, 0.05) is 24.7 Å². The van der Waals surface area contributed by atoms with Crippen molar-refractivity contribution >= 4 is 17.0 Å². The van der Waals surface area contributed by atoms with E-state index in [9.17, 15) is 14.4 Å². The molecule has 0 aliphatic rings. The summed E-state index contributed by atoms with van der Waals surface area (Å²) in [5.74, 6) is -0.282. The molecule has 0 bridgehead atoms. The second-order valence-corrected chi connectivity index (χ2v) is 6.88. The van der Waals surface area contributed by atoms with Crippen molar-refractivity contribution in [1.82, 2.24) is 14.1 Å². The lowest BCUT2D eigenvalue weighted by Crippen LogP contribution is -2.39. The van der Waals surface area contributed by atoms with Gasteiger partial charge in [0.15, 0.2) is 6.61 Å². The maximum absolute atomic E-state index is 12.9. The van der Waals surface area contributed by atoms with Crippen molar-refractivity contribution < 1.29 is 19.4 Å². The van der Waals surface area contributed by atoms with E-state index >= 15 is 0 Å². The summed E-state index contributed by atoms with van der Waals surface area (Å²) in [6.07, 6.45) is 1.42. The molecule has 0 unspecified atom stereocenters. The Morgan fingerprint density at radius 2 is 1.80 bits per heavy atom. The minimum absolute atomic E-state index is 0.314. The number of fused-ring (bicyclic) bond motifs is 1. The largest absolute Gasteiger partial charge is 0.496 e. The Balaban J connectivity index is 2.16. The van der Waals surface area contributed by atoms with Gasteiger partial charge in [-0.15, -0.1) is 0 Å². The zero-order chi connectivity index (χ0) is 21.8. The lowest BCUT2D eigenvalue weighted by molar-refractivity contribution is -0.139. The number of aromatic nitrogens is 3. The van der Waals surface area contributed by atoms with E-state index < -0.39 is 12.6 Å². The molecule has 160 valence electrons. The molecule has 0 atom stereocenters. The first-order valence-electron chi connectivity index (χ1n) is 9.80. The number of ether oxygens (including phenoxy) is 2. The normalized spacial score (nSPS) is 11.0. The van der Waals surface area contributed by atoms with Gasteiger partial charge < -0.3 is 19.6 Å². The Bertz CT molecular complexity index is 1190. The maximum Gasteiger partial charge on any atom is 0.341 e. The van der Waals surface area contributed by atoms with E-state index in [1.54, 1.807) is 28.8 Å². The number of rotatable bonds is 9. The third-order valence-corrected chi connectivity index (χ3v) is 4.73. The van der Waals surface area contributed by atoms with Crippen LogP contribution in [0.4, 0.5) is 0 Å². The molecule has 0 fully saturated rings. The Morgan fingerprint density at radius 1 is 1.10 bits per heavy atom. The molecule has 9 heteroatoms. The summed E-state index contributed by atoms with van der Waals surface area (Å²) < 4.78 is 13.5. The SMILES string of the molecule is CCCn1c(=O)c2[nH]c(-c3ccc(OCC(=O)O)cc3OC)cc2n(CCC)c1=O. The summed E-state index contributed by atoms with van der Waals surface area (Å²) in [5.41, 5.74) is 1.51. The van der Waals surface area contributed by atoms with Gasteiger partial charge in [0.25, 0.3) is 5.56 Å². The third-order valence-electron chi connectivity index (χ3n) is 4.73. The van der Waals surface area contributed by atoms with E-state index in [0.29, 0.717) is 53.3 Å². The Kier molecular flexibility index (Phi) is 6.29. The van der Waals surface area contributed by atoms with Crippen LogP contribution in [-0.2, 0) is 17.9 Å². The van der Waals surface area contributed by atoms with Crippen LogP contribution in [0.25, 0.3) is 22.3 Å². The first-order chi connectivity index (χ1) is 14.4. The van der Waals surface area contributed by atoms with Crippen LogP contribution in [0.5, 0.6) is 11.5 Å². The van der Waals surface area contributed by atoms with Gasteiger partial charge in [0.1, 0.15) is 17.0 Å². The average molecular weight is 415 g/mol. The predicted molar refractivity (Wildman–Crippen MR) is 113 cm³/mol. The highest BCUT2D eigenvalue weighted by Crippen LogP contribution is 2.34. The number of nitrogens with zero attached hydrogens (tertiary/aromatic N) is 2. The van der Waals surface area contributed by atoms with Crippen molar-refractivity contribution in [3.63, 3.8) is 0 Å². The molecular weight excluding hydrogens is 390 g/mol. The molecule has 2 N–H and O–H groups in total. The molecule has 2 aromatic heterocycles. The fourth-order valence-electron chi connectivity index (χ4n) is 3.42. The molecule has 3 rings (SSSR count).